The van der Waals surface area contributed by atoms with Crippen molar-refractivity contribution in [2.24, 2.45) is 0 Å². The normalized spacial score (nSPS) is 16.3. The maximum Gasteiger partial charge on any atom is 0.245 e. The Morgan fingerprint density at radius 3 is 2.65 bits per heavy atom. The number of nitrogens with zero attached hydrogens (tertiary/aromatic N) is 3. The van der Waals surface area contributed by atoms with Crippen molar-refractivity contribution in [2.75, 3.05) is 47.1 Å². The molecule has 1 aliphatic rings. The second-order valence-corrected chi connectivity index (χ2v) is 5.38. The zero-order chi connectivity index (χ0) is 16.2. The van der Waals surface area contributed by atoms with Gasteiger partial charge in [-0.2, -0.15) is 0 Å². The average Bonchev–Trinajstić information content (AvgIpc) is 2.97. The minimum Gasteiger partial charge on any atom is -0.379 e. The first-order valence-corrected chi connectivity index (χ1v) is 7.60. The first-order chi connectivity index (χ1) is 11.2. The predicted molar refractivity (Wildman–Crippen MR) is 84.4 cm³/mol. The van der Waals surface area contributed by atoms with E-state index >= 15 is 0 Å². The summed E-state index contributed by atoms with van der Waals surface area (Å²) in [5, 5.41) is 0. The molecule has 2 aromatic rings. The van der Waals surface area contributed by atoms with Gasteiger partial charge in [-0.05, 0) is 12.1 Å². The number of methoxy groups -OCH3 is 2. The lowest BCUT2D eigenvalue weighted by atomic mass is 10.3. The van der Waals surface area contributed by atoms with Crippen molar-refractivity contribution < 1.29 is 19.0 Å². The fraction of sp³-hybridized carbons (Fsp3) is 0.500. The fourth-order valence-electron chi connectivity index (χ4n) is 2.79. The van der Waals surface area contributed by atoms with Crippen molar-refractivity contribution in [3.05, 3.63) is 30.1 Å². The van der Waals surface area contributed by atoms with E-state index in [9.17, 15) is 4.79 Å². The number of imidazole rings is 1. The van der Waals surface area contributed by atoms with Crippen LogP contribution < -0.4 is 0 Å². The number of ether oxygens (including phenoxy) is 3. The molecule has 7 heteroatoms. The second-order valence-electron chi connectivity index (χ2n) is 5.38. The molecule has 2 heterocycles. The second kappa shape index (κ2) is 7.18. The number of carbonyl (C=O) groups is 1. The Bertz CT molecular complexity index is 675. The Labute approximate surface area is 134 Å². The van der Waals surface area contributed by atoms with Crippen LogP contribution in [0.2, 0.25) is 0 Å². The fourth-order valence-corrected chi connectivity index (χ4v) is 2.79. The van der Waals surface area contributed by atoms with Gasteiger partial charge in [0, 0.05) is 27.3 Å². The number of ketones is 1. The number of carbonyl (C=O) groups excluding carboxylic acids is 1. The molecule has 0 bridgehead atoms. The molecule has 1 aliphatic heterocycles. The lowest BCUT2D eigenvalue weighted by molar-refractivity contribution is -0.154. The molecule has 0 atom stereocenters. The van der Waals surface area contributed by atoms with Gasteiger partial charge < -0.3 is 14.2 Å². The Kier molecular flexibility index (Phi) is 5.02. The summed E-state index contributed by atoms with van der Waals surface area (Å²) in [6.45, 7) is 3.13. The minimum absolute atomic E-state index is 0.0535. The van der Waals surface area contributed by atoms with Crippen LogP contribution in [0.25, 0.3) is 11.0 Å². The monoisotopic (exact) mass is 319 g/mol. The van der Waals surface area contributed by atoms with Gasteiger partial charge >= 0.3 is 0 Å². The predicted octanol–water partition coefficient (Wildman–Crippen LogP) is 1.30. The summed E-state index contributed by atoms with van der Waals surface area (Å²) in [6, 6.07) is 7.57. The van der Waals surface area contributed by atoms with Gasteiger partial charge in [-0.1, -0.05) is 12.1 Å². The van der Waals surface area contributed by atoms with Crippen molar-refractivity contribution in [1.82, 2.24) is 14.5 Å². The van der Waals surface area contributed by atoms with E-state index in [1.54, 1.807) is 18.8 Å². The van der Waals surface area contributed by atoms with E-state index in [4.69, 9.17) is 14.2 Å². The third-order valence-corrected chi connectivity index (χ3v) is 3.93. The molecule has 23 heavy (non-hydrogen) atoms. The lowest BCUT2D eigenvalue weighted by Gasteiger charge is -2.26. The molecule has 0 radical (unpaired) electrons. The van der Waals surface area contributed by atoms with E-state index in [0.29, 0.717) is 25.6 Å². The molecule has 7 nitrogen and oxygen atoms in total. The van der Waals surface area contributed by atoms with Crippen molar-refractivity contribution in [3.8, 4) is 0 Å². The van der Waals surface area contributed by atoms with E-state index in [0.717, 1.165) is 24.1 Å². The van der Waals surface area contributed by atoms with Gasteiger partial charge in [0.05, 0.1) is 30.8 Å². The molecule has 0 spiro atoms. The smallest absolute Gasteiger partial charge is 0.245 e. The maximum absolute atomic E-state index is 12.8. The van der Waals surface area contributed by atoms with Crippen LogP contribution in [0.15, 0.2) is 24.3 Å². The zero-order valence-corrected chi connectivity index (χ0v) is 13.4. The van der Waals surface area contributed by atoms with Crippen LogP contribution in [0, 0.1) is 0 Å². The lowest BCUT2D eigenvalue weighted by Crippen LogP contribution is -2.40. The summed E-state index contributed by atoms with van der Waals surface area (Å²) in [4.78, 5) is 19.3. The summed E-state index contributed by atoms with van der Waals surface area (Å²) in [5.41, 5.74) is 1.56. The molecule has 1 saturated heterocycles. The van der Waals surface area contributed by atoms with Gasteiger partial charge in [0.1, 0.15) is 0 Å². The topological polar surface area (TPSA) is 65.8 Å². The first kappa shape index (κ1) is 16.1. The summed E-state index contributed by atoms with van der Waals surface area (Å²) >= 11 is 0. The number of aromatic nitrogens is 2. The molecule has 0 amide bonds. The maximum atomic E-state index is 12.8. The molecule has 124 valence electrons. The molecular formula is C16H21N3O4. The van der Waals surface area contributed by atoms with Gasteiger partial charge in [0.15, 0.2) is 5.82 Å². The highest BCUT2D eigenvalue weighted by Crippen LogP contribution is 2.22. The number of morpholine rings is 1. The van der Waals surface area contributed by atoms with E-state index in [1.165, 1.54) is 0 Å². The quantitative estimate of drug-likeness (QED) is 0.591. The molecular weight excluding hydrogens is 298 g/mol. The molecule has 0 N–H and O–H groups in total. The molecule has 3 rings (SSSR count). The molecule has 1 aromatic heterocycles. The Morgan fingerprint density at radius 2 is 1.96 bits per heavy atom. The first-order valence-electron chi connectivity index (χ1n) is 7.60. The summed E-state index contributed by atoms with van der Waals surface area (Å²) in [7, 11) is 3.08. The summed E-state index contributed by atoms with van der Waals surface area (Å²) < 4.78 is 17.7. The van der Waals surface area contributed by atoms with Crippen LogP contribution in [0.4, 0.5) is 0 Å². The molecule has 0 unspecified atom stereocenters. The van der Waals surface area contributed by atoms with Crippen LogP contribution >= 0.6 is 0 Å². The van der Waals surface area contributed by atoms with Crippen LogP contribution in [-0.4, -0.2) is 67.3 Å². The Morgan fingerprint density at radius 1 is 1.26 bits per heavy atom. The van der Waals surface area contributed by atoms with Crippen LogP contribution in [0.1, 0.15) is 17.0 Å². The highest BCUT2D eigenvalue weighted by molar-refractivity contribution is 5.97. The Hall–Kier alpha value is -1.80. The highest BCUT2D eigenvalue weighted by atomic mass is 16.7. The summed E-state index contributed by atoms with van der Waals surface area (Å²) in [5.74, 6) is 0.300. The number of hydrogen-bond donors (Lipinski definition) is 0. The zero-order valence-electron chi connectivity index (χ0n) is 13.4. The number of Topliss-reactive ketones (excluding diaryl/α,β-unsaturated/α-hetero) is 1. The van der Waals surface area contributed by atoms with Crippen molar-refractivity contribution in [3.63, 3.8) is 0 Å². The van der Waals surface area contributed by atoms with Gasteiger partial charge in [0.2, 0.25) is 12.2 Å². The van der Waals surface area contributed by atoms with Gasteiger partial charge in [-0.25, -0.2) is 4.98 Å². The van der Waals surface area contributed by atoms with Gasteiger partial charge in [0.25, 0.3) is 0 Å². The number of benzene rings is 1. The van der Waals surface area contributed by atoms with E-state index in [-0.39, 0.29) is 5.78 Å². The van der Waals surface area contributed by atoms with Crippen LogP contribution in [0.5, 0.6) is 0 Å². The van der Waals surface area contributed by atoms with Crippen molar-refractivity contribution in [2.45, 2.75) is 6.41 Å². The molecule has 1 aromatic carbocycles. The van der Waals surface area contributed by atoms with Crippen LogP contribution in [0.3, 0.4) is 0 Å². The SMILES string of the molecule is COC(OC)n1c(C(=O)CN2CCOCC2)nc2ccccc21. The van der Waals surface area contributed by atoms with E-state index < -0.39 is 6.41 Å². The van der Waals surface area contributed by atoms with Crippen molar-refractivity contribution >= 4 is 16.8 Å². The average molecular weight is 319 g/mol. The number of hydrogen-bond acceptors (Lipinski definition) is 6. The van der Waals surface area contributed by atoms with Crippen LogP contribution in [-0.2, 0) is 14.2 Å². The third kappa shape index (κ3) is 3.28. The molecule has 1 fully saturated rings. The van der Waals surface area contributed by atoms with E-state index in [1.807, 2.05) is 24.3 Å². The standard InChI is InChI=1S/C16H21N3O4/c1-21-16(22-2)19-13-6-4-3-5-12(13)17-15(19)14(20)11-18-7-9-23-10-8-18/h3-6,16H,7-11H2,1-2H3. The third-order valence-electron chi connectivity index (χ3n) is 3.93. The molecule has 0 aliphatic carbocycles. The van der Waals surface area contributed by atoms with Crippen molar-refractivity contribution in [1.29, 1.82) is 0 Å². The number of rotatable bonds is 6. The number of fused-ring (bicyclic) bond motifs is 1. The van der Waals surface area contributed by atoms with Gasteiger partial charge in [-0.15, -0.1) is 0 Å². The highest BCUT2D eigenvalue weighted by Gasteiger charge is 2.25. The largest absolute Gasteiger partial charge is 0.379 e. The molecule has 0 saturated carbocycles. The summed E-state index contributed by atoms with van der Waals surface area (Å²) in [6.07, 6.45) is -0.689. The minimum atomic E-state index is -0.689. The van der Waals surface area contributed by atoms with Gasteiger partial charge in [-0.3, -0.25) is 14.3 Å². The Balaban J connectivity index is 1.94. The van der Waals surface area contributed by atoms with E-state index in [2.05, 4.69) is 9.88 Å². The number of para-hydroxylation sites is 2.